The van der Waals surface area contributed by atoms with Gasteiger partial charge in [0, 0.05) is 25.0 Å². The maximum Gasteiger partial charge on any atom is 0.264 e. The first kappa shape index (κ1) is 18.0. The summed E-state index contributed by atoms with van der Waals surface area (Å²) >= 11 is 1.57. The monoisotopic (exact) mass is 379 g/mol. The van der Waals surface area contributed by atoms with Crippen LogP contribution in [0.1, 0.15) is 41.2 Å². The van der Waals surface area contributed by atoms with Crippen LogP contribution in [0, 0.1) is 12.8 Å². The number of hydrogen-bond donors (Lipinski definition) is 0. The Morgan fingerprint density at radius 3 is 2.70 bits per heavy atom. The van der Waals surface area contributed by atoms with Crippen LogP contribution in [0.25, 0.3) is 15.8 Å². The number of fused-ring (bicyclic) bond motifs is 1. The molecule has 5 heteroatoms. The molecule has 0 unspecified atom stereocenters. The first-order valence-electron chi connectivity index (χ1n) is 9.53. The Kier molecular flexibility index (Phi) is 4.87. The Hall–Kier alpha value is -2.40. The van der Waals surface area contributed by atoms with E-state index in [-0.39, 0.29) is 5.91 Å². The average Bonchev–Trinajstić information content (AvgIpc) is 3.23. The van der Waals surface area contributed by atoms with Gasteiger partial charge in [0.25, 0.3) is 5.91 Å². The van der Waals surface area contributed by atoms with Gasteiger partial charge in [0.2, 0.25) is 0 Å². The molecule has 1 amide bonds. The van der Waals surface area contributed by atoms with Crippen LogP contribution in [0.5, 0.6) is 0 Å². The highest BCUT2D eigenvalue weighted by atomic mass is 32.1. The molecule has 0 atom stereocenters. The van der Waals surface area contributed by atoms with E-state index in [1.54, 1.807) is 11.3 Å². The summed E-state index contributed by atoms with van der Waals surface area (Å²) in [5.74, 6) is 0.660. The van der Waals surface area contributed by atoms with Gasteiger partial charge in [-0.25, -0.2) is 0 Å². The van der Waals surface area contributed by atoms with Crippen molar-refractivity contribution in [3.63, 3.8) is 0 Å². The third-order valence-corrected chi connectivity index (χ3v) is 6.13. The van der Waals surface area contributed by atoms with Crippen molar-refractivity contribution in [1.82, 2.24) is 14.7 Å². The molecule has 0 saturated heterocycles. The number of carbonyl (C=O) groups excluding carboxylic acids is 1. The highest BCUT2D eigenvalue weighted by Crippen LogP contribution is 2.31. The highest BCUT2D eigenvalue weighted by molar-refractivity contribution is 7.20. The second-order valence-corrected chi connectivity index (χ2v) is 8.62. The summed E-state index contributed by atoms with van der Waals surface area (Å²) < 4.78 is 2.06. The molecule has 1 aliphatic heterocycles. The summed E-state index contributed by atoms with van der Waals surface area (Å²) in [6.07, 6.45) is 3.09. The number of thiophene rings is 1. The lowest BCUT2D eigenvalue weighted by Crippen LogP contribution is -2.34. The van der Waals surface area contributed by atoms with Crippen LogP contribution in [0.15, 0.2) is 42.5 Å². The summed E-state index contributed by atoms with van der Waals surface area (Å²) in [4.78, 5) is 16.9. The molecule has 0 aliphatic carbocycles. The minimum Gasteiger partial charge on any atom is -0.334 e. The second-order valence-electron chi connectivity index (χ2n) is 7.59. The van der Waals surface area contributed by atoms with Crippen LogP contribution in [-0.2, 0) is 6.54 Å². The van der Waals surface area contributed by atoms with Crippen LogP contribution >= 0.6 is 11.3 Å². The largest absolute Gasteiger partial charge is 0.334 e. The quantitative estimate of drug-likeness (QED) is 0.640. The number of aryl methyl sites for hydroxylation is 1. The zero-order chi connectivity index (χ0) is 19.0. The molecular formula is C22H25N3OS. The van der Waals surface area contributed by atoms with Crippen molar-refractivity contribution in [2.24, 2.45) is 5.92 Å². The fraction of sp³-hybridized carbons (Fsp3) is 0.364. The maximum atomic E-state index is 13.0. The highest BCUT2D eigenvalue weighted by Gasteiger charge is 2.23. The predicted molar refractivity (Wildman–Crippen MR) is 112 cm³/mol. The normalized spacial score (nSPS) is 14.8. The van der Waals surface area contributed by atoms with E-state index < -0.39 is 0 Å². The van der Waals surface area contributed by atoms with Crippen molar-refractivity contribution in [1.29, 1.82) is 0 Å². The molecule has 0 fully saturated rings. The molecule has 0 spiro atoms. The van der Waals surface area contributed by atoms with E-state index in [9.17, 15) is 4.79 Å². The molecule has 140 valence electrons. The van der Waals surface area contributed by atoms with Crippen LogP contribution in [-0.4, -0.2) is 33.7 Å². The van der Waals surface area contributed by atoms with Crippen LogP contribution in [0.3, 0.4) is 0 Å². The van der Waals surface area contributed by atoms with E-state index in [0.717, 1.165) is 40.3 Å². The Morgan fingerprint density at radius 2 is 2.04 bits per heavy atom. The molecule has 2 aromatic heterocycles. The van der Waals surface area contributed by atoms with Crippen LogP contribution in [0.2, 0.25) is 0 Å². The predicted octanol–water partition coefficient (Wildman–Crippen LogP) is 4.99. The van der Waals surface area contributed by atoms with Gasteiger partial charge in [-0.15, -0.1) is 11.3 Å². The minimum atomic E-state index is 0.134. The standard InChI is InChI=1S/C22H25N3OS/c1-15(2)14-25-22-19(16(3)23-25)13-20(27-22)21(26)24-11-9-18(10-12-24)17-7-5-4-6-8-17/h4-9,13,15H,10-12,14H2,1-3H3. The summed E-state index contributed by atoms with van der Waals surface area (Å²) in [6, 6.07) is 12.5. The van der Waals surface area contributed by atoms with E-state index >= 15 is 0 Å². The Bertz CT molecular complexity index is 997. The lowest BCUT2D eigenvalue weighted by molar-refractivity contribution is 0.0778. The van der Waals surface area contributed by atoms with Gasteiger partial charge in [0.1, 0.15) is 4.83 Å². The van der Waals surface area contributed by atoms with Crippen molar-refractivity contribution in [2.45, 2.75) is 33.7 Å². The molecule has 1 aliphatic rings. The van der Waals surface area contributed by atoms with Crippen molar-refractivity contribution < 1.29 is 4.79 Å². The molecule has 4 rings (SSSR count). The van der Waals surface area contributed by atoms with E-state index in [1.807, 2.05) is 24.0 Å². The SMILES string of the molecule is Cc1nn(CC(C)C)c2sc(C(=O)N3CC=C(c4ccccc4)CC3)cc12. The summed E-state index contributed by atoms with van der Waals surface area (Å²) in [5.41, 5.74) is 3.60. The molecule has 0 saturated carbocycles. The van der Waals surface area contributed by atoms with Gasteiger partial charge in [-0.1, -0.05) is 50.3 Å². The lowest BCUT2D eigenvalue weighted by Gasteiger charge is -2.26. The lowest BCUT2D eigenvalue weighted by atomic mass is 9.99. The van der Waals surface area contributed by atoms with Gasteiger partial charge >= 0.3 is 0 Å². The van der Waals surface area contributed by atoms with Crippen molar-refractivity contribution in [3.05, 3.63) is 58.6 Å². The third-order valence-electron chi connectivity index (χ3n) is 5.00. The van der Waals surface area contributed by atoms with Crippen molar-refractivity contribution in [3.8, 4) is 0 Å². The third kappa shape index (κ3) is 3.56. The van der Waals surface area contributed by atoms with Crippen LogP contribution < -0.4 is 0 Å². The van der Waals surface area contributed by atoms with Gasteiger partial charge in [-0.2, -0.15) is 5.10 Å². The fourth-order valence-electron chi connectivity index (χ4n) is 3.61. The van der Waals surface area contributed by atoms with E-state index in [2.05, 4.69) is 54.0 Å². The number of carbonyl (C=O) groups is 1. The number of amides is 1. The number of nitrogens with zero attached hydrogens (tertiary/aromatic N) is 3. The minimum absolute atomic E-state index is 0.134. The zero-order valence-electron chi connectivity index (χ0n) is 16.1. The first-order chi connectivity index (χ1) is 13.0. The second kappa shape index (κ2) is 7.31. The van der Waals surface area contributed by atoms with Gasteiger partial charge in [-0.05, 0) is 36.5 Å². The molecule has 0 bridgehead atoms. The first-order valence-corrected chi connectivity index (χ1v) is 10.3. The molecule has 3 aromatic rings. The number of benzene rings is 1. The molecule has 27 heavy (non-hydrogen) atoms. The molecule has 4 nitrogen and oxygen atoms in total. The molecule has 0 N–H and O–H groups in total. The Balaban J connectivity index is 1.54. The van der Waals surface area contributed by atoms with Gasteiger partial charge in [0.15, 0.2) is 0 Å². The zero-order valence-corrected chi connectivity index (χ0v) is 16.9. The number of rotatable bonds is 4. The van der Waals surface area contributed by atoms with E-state index in [1.165, 1.54) is 11.1 Å². The summed E-state index contributed by atoms with van der Waals surface area (Å²) in [7, 11) is 0. The van der Waals surface area contributed by atoms with Gasteiger partial charge in [-0.3, -0.25) is 9.48 Å². The molecule has 1 aromatic carbocycles. The average molecular weight is 380 g/mol. The van der Waals surface area contributed by atoms with Gasteiger partial charge in [0.05, 0.1) is 10.6 Å². The summed E-state index contributed by atoms with van der Waals surface area (Å²) in [5, 5.41) is 5.75. The Labute approximate surface area is 164 Å². The van der Waals surface area contributed by atoms with Crippen molar-refractivity contribution >= 4 is 33.0 Å². The topological polar surface area (TPSA) is 38.1 Å². The number of aromatic nitrogens is 2. The molecular weight excluding hydrogens is 354 g/mol. The molecule has 3 heterocycles. The van der Waals surface area contributed by atoms with Gasteiger partial charge < -0.3 is 4.90 Å². The van der Waals surface area contributed by atoms with Crippen LogP contribution in [0.4, 0.5) is 0 Å². The summed E-state index contributed by atoms with van der Waals surface area (Å²) in [6.45, 7) is 8.72. The van der Waals surface area contributed by atoms with Crippen molar-refractivity contribution in [2.75, 3.05) is 13.1 Å². The van der Waals surface area contributed by atoms with E-state index in [0.29, 0.717) is 12.5 Å². The van der Waals surface area contributed by atoms with E-state index in [4.69, 9.17) is 0 Å². The smallest absolute Gasteiger partial charge is 0.264 e. The Morgan fingerprint density at radius 1 is 1.26 bits per heavy atom. The fourth-order valence-corrected chi connectivity index (χ4v) is 4.75. The number of hydrogen-bond acceptors (Lipinski definition) is 3. The maximum absolute atomic E-state index is 13.0. The molecule has 0 radical (unpaired) electrons.